The Hall–Kier alpha value is -2.18. The monoisotopic (exact) mass is 415 g/mol. The Morgan fingerprint density at radius 3 is 2.64 bits per heavy atom. The van der Waals surface area contributed by atoms with Crippen molar-refractivity contribution in [3.05, 3.63) is 40.0 Å². The van der Waals surface area contributed by atoms with Crippen LogP contribution < -0.4 is 4.90 Å². The van der Waals surface area contributed by atoms with Crippen molar-refractivity contribution in [2.75, 3.05) is 11.4 Å². The molecule has 0 saturated carbocycles. The average molecular weight is 416 g/mol. The summed E-state index contributed by atoms with van der Waals surface area (Å²) < 4.78 is 0. The molecular formula is C21H22ClN3O2S. The third-order valence-corrected chi connectivity index (χ3v) is 6.76. The summed E-state index contributed by atoms with van der Waals surface area (Å²) in [4.78, 5) is 24.7. The maximum Gasteiger partial charge on any atom is 0.326 e. The molecule has 5 nitrogen and oxygen atoms in total. The van der Waals surface area contributed by atoms with Gasteiger partial charge in [-0.15, -0.1) is 11.3 Å². The van der Waals surface area contributed by atoms with E-state index < -0.39 is 12.0 Å². The molecule has 3 heterocycles. The maximum absolute atomic E-state index is 11.8. The number of benzene rings is 1. The molecule has 2 aromatic heterocycles. The van der Waals surface area contributed by atoms with Gasteiger partial charge in [0.25, 0.3) is 0 Å². The van der Waals surface area contributed by atoms with Crippen molar-refractivity contribution in [2.24, 2.45) is 0 Å². The van der Waals surface area contributed by atoms with Gasteiger partial charge < -0.3 is 10.0 Å². The van der Waals surface area contributed by atoms with E-state index in [0.717, 1.165) is 40.6 Å². The molecule has 7 heteroatoms. The van der Waals surface area contributed by atoms with E-state index in [2.05, 4.69) is 48.1 Å². The summed E-state index contributed by atoms with van der Waals surface area (Å²) >= 11 is 7.85. The molecule has 1 unspecified atom stereocenters. The zero-order chi connectivity index (χ0) is 19.8. The van der Waals surface area contributed by atoms with Gasteiger partial charge in [0.1, 0.15) is 16.7 Å². The van der Waals surface area contributed by atoms with E-state index in [9.17, 15) is 9.90 Å². The first-order valence-corrected chi connectivity index (χ1v) is 10.8. The van der Waals surface area contributed by atoms with Gasteiger partial charge in [-0.1, -0.05) is 38.1 Å². The molecule has 1 N–H and O–H groups in total. The van der Waals surface area contributed by atoms with Gasteiger partial charge in [-0.25, -0.2) is 9.78 Å². The van der Waals surface area contributed by atoms with Gasteiger partial charge in [0.2, 0.25) is 5.28 Å². The number of aryl methyl sites for hydroxylation is 2. The number of halogens is 1. The highest BCUT2D eigenvalue weighted by Gasteiger charge is 2.34. The third kappa shape index (κ3) is 3.25. The molecule has 0 radical (unpaired) electrons. The number of hydrogen-bond acceptors (Lipinski definition) is 5. The molecule has 1 aliphatic heterocycles. The third-order valence-electron chi connectivity index (χ3n) is 5.36. The fraction of sp³-hybridized carbons (Fsp3) is 0.381. The summed E-state index contributed by atoms with van der Waals surface area (Å²) in [5.41, 5.74) is 3.50. The van der Waals surface area contributed by atoms with Crippen molar-refractivity contribution in [3.63, 3.8) is 0 Å². The zero-order valence-corrected chi connectivity index (χ0v) is 17.5. The van der Waals surface area contributed by atoms with Crippen molar-refractivity contribution in [2.45, 2.75) is 45.6 Å². The summed E-state index contributed by atoms with van der Waals surface area (Å²) in [5, 5.41) is 10.7. The first-order valence-electron chi connectivity index (χ1n) is 9.61. The standard InChI is InChI=1S/C21H22ClN3O2S/c1-3-12-7-9-13(10-8-12)16-15(4-2)28-19-17(16)18(23-21(22)24-19)25-11-5-6-14(25)20(26)27/h7-10,14H,3-6,11H2,1-2H3,(H,26,27). The fourth-order valence-corrected chi connectivity index (χ4v) is 5.29. The van der Waals surface area contributed by atoms with Gasteiger partial charge >= 0.3 is 5.97 Å². The summed E-state index contributed by atoms with van der Waals surface area (Å²) in [7, 11) is 0. The van der Waals surface area contributed by atoms with Crippen molar-refractivity contribution in [3.8, 4) is 11.1 Å². The molecule has 1 atom stereocenters. The Morgan fingerprint density at radius 2 is 2.00 bits per heavy atom. The molecular weight excluding hydrogens is 394 g/mol. The van der Waals surface area contributed by atoms with Crippen molar-refractivity contribution < 1.29 is 9.90 Å². The Balaban J connectivity index is 1.97. The highest BCUT2D eigenvalue weighted by atomic mass is 35.5. The molecule has 1 aromatic carbocycles. The van der Waals surface area contributed by atoms with Crippen LogP contribution in [-0.2, 0) is 17.6 Å². The molecule has 1 saturated heterocycles. The smallest absolute Gasteiger partial charge is 0.326 e. The number of thiophene rings is 1. The lowest BCUT2D eigenvalue weighted by atomic mass is 10.00. The molecule has 0 spiro atoms. The number of carbonyl (C=O) groups is 1. The number of nitrogens with zero attached hydrogens (tertiary/aromatic N) is 3. The Labute approximate surface area is 173 Å². The second-order valence-electron chi connectivity index (χ2n) is 6.99. The van der Waals surface area contributed by atoms with Crippen molar-refractivity contribution >= 4 is 44.9 Å². The molecule has 1 fully saturated rings. The highest BCUT2D eigenvalue weighted by Crippen LogP contribution is 2.44. The molecule has 1 aliphatic rings. The minimum atomic E-state index is -0.819. The minimum Gasteiger partial charge on any atom is -0.480 e. The minimum absolute atomic E-state index is 0.162. The molecule has 146 valence electrons. The van der Waals surface area contributed by atoms with Crippen LogP contribution in [0.15, 0.2) is 24.3 Å². The molecule has 3 aromatic rings. The summed E-state index contributed by atoms with van der Waals surface area (Å²) in [6.07, 6.45) is 3.30. The lowest BCUT2D eigenvalue weighted by Crippen LogP contribution is -2.36. The number of aliphatic carboxylic acids is 1. The predicted molar refractivity (Wildman–Crippen MR) is 115 cm³/mol. The lowest BCUT2D eigenvalue weighted by molar-refractivity contribution is -0.138. The quantitative estimate of drug-likeness (QED) is 0.581. The van der Waals surface area contributed by atoms with Crippen LogP contribution in [0.2, 0.25) is 5.28 Å². The summed E-state index contributed by atoms with van der Waals surface area (Å²) in [6.45, 7) is 4.92. The van der Waals surface area contributed by atoms with Crippen molar-refractivity contribution in [1.29, 1.82) is 0 Å². The maximum atomic E-state index is 11.8. The van der Waals surface area contributed by atoms with Crippen LogP contribution in [0.4, 0.5) is 5.82 Å². The van der Waals surface area contributed by atoms with Crippen LogP contribution in [0.25, 0.3) is 21.3 Å². The Morgan fingerprint density at radius 1 is 1.25 bits per heavy atom. The average Bonchev–Trinajstić information content (AvgIpc) is 3.32. The second kappa shape index (κ2) is 7.68. The van der Waals surface area contributed by atoms with Crippen LogP contribution in [0.5, 0.6) is 0 Å². The number of aromatic nitrogens is 2. The van der Waals surface area contributed by atoms with Gasteiger partial charge in [0, 0.05) is 17.0 Å². The summed E-state index contributed by atoms with van der Waals surface area (Å²) in [6, 6.07) is 7.98. The number of carboxylic acid groups (broad SMARTS) is 1. The first-order chi connectivity index (χ1) is 13.5. The van der Waals surface area contributed by atoms with Gasteiger partial charge in [-0.3, -0.25) is 0 Å². The highest BCUT2D eigenvalue weighted by molar-refractivity contribution is 7.19. The van der Waals surface area contributed by atoms with Gasteiger partial charge in [-0.2, -0.15) is 4.98 Å². The van der Waals surface area contributed by atoms with Gasteiger partial charge in [0.05, 0.1) is 5.39 Å². The molecule has 0 bridgehead atoms. The normalized spacial score (nSPS) is 16.8. The number of carboxylic acids is 1. The number of rotatable bonds is 5. The van der Waals surface area contributed by atoms with Crippen molar-refractivity contribution in [1.82, 2.24) is 9.97 Å². The van der Waals surface area contributed by atoms with Crippen LogP contribution in [0.3, 0.4) is 0 Å². The van der Waals surface area contributed by atoms with Gasteiger partial charge in [-0.05, 0) is 48.4 Å². The van der Waals surface area contributed by atoms with E-state index in [-0.39, 0.29) is 5.28 Å². The Bertz CT molecular complexity index is 1030. The second-order valence-corrected chi connectivity index (χ2v) is 8.41. The fourth-order valence-electron chi connectivity index (χ4n) is 3.95. The van der Waals surface area contributed by atoms with E-state index in [1.165, 1.54) is 10.4 Å². The summed E-state index contributed by atoms with van der Waals surface area (Å²) in [5.74, 6) is -0.175. The van der Waals surface area contributed by atoms with Crippen LogP contribution in [0.1, 0.15) is 37.1 Å². The first kappa shape index (κ1) is 19.2. The molecule has 4 rings (SSSR count). The number of fused-ring (bicyclic) bond motifs is 1. The lowest BCUT2D eigenvalue weighted by Gasteiger charge is -2.23. The Kier molecular flexibility index (Phi) is 5.25. The van der Waals surface area contributed by atoms with Crippen LogP contribution in [0, 0.1) is 0 Å². The van der Waals surface area contributed by atoms with E-state index in [0.29, 0.717) is 18.8 Å². The van der Waals surface area contributed by atoms with E-state index in [1.807, 2.05) is 4.90 Å². The van der Waals surface area contributed by atoms with Crippen LogP contribution >= 0.6 is 22.9 Å². The zero-order valence-electron chi connectivity index (χ0n) is 15.9. The van der Waals surface area contributed by atoms with Crippen LogP contribution in [-0.4, -0.2) is 33.6 Å². The molecule has 28 heavy (non-hydrogen) atoms. The molecule has 0 aliphatic carbocycles. The number of anilines is 1. The van der Waals surface area contributed by atoms with E-state index in [4.69, 9.17) is 11.6 Å². The largest absolute Gasteiger partial charge is 0.480 e. The number of hydrogen-bond donors (Lipinski definition) is 1. The topological polar surface area (TPSA) is 66.3 Å². The van der Waals surface area contributed by atoms with E-state index >= 15 is 0 Å². The molecule has 0 amide bonds. The predicted octanol–water partition coefficient (Wildman–Crippen LogP) is 5.19. The SMILES string of the molecule is CCc1ccc(-c2c(CC)sc3nc(Cl)nc(N4CCCC4C(=O)O)c23)cc1. The van der Waals surface area contributed by atoms with E-state index in [1.54, 1.807) is 11.3 Å². The van der Waals surface area contributed by atoms with Gasteiger partial charge in [0.15, 0.2) is 0 Å².